The minimum Gasteiger partial charge on any atom is -0.493 e. The molecule has 2 heterocycles. The van der Waals surface area contributed by atoms with Crippen molar-refractivity contribution in [2.45, 2.75) is 19.4 Å². The highest BCUT2D eigenvalue weighted by atomic mass is 16.5. The lowest BCUT2D eigenvalue weighted by Crippen LogP contribution is -2.25. The van der Waals surface area contributed by atoms with E-state index in [1.165, 1.54) is 44.6 Å². The highest BCUT2D eigenvalue weighted by molar-refractivity contribution is 5.27. The molecule has 3 fully saturated rings. The molecule has 1 saturated carbocycles. The molecular formula is C17H24N2O. The fraction of sp³-hybridized carbons (Fsp3) is 0.647. The zero-order chi connectivity index (χ0) is 13.4. The maximum atomic E-state index is 5.79. The summed E-state index contributed by atoms with van der Waals surface area (Å²) in [6.45, 7) is 6.96. The second kappa shape index (κ2) is 5.38. The standard InChI is InChI=1S/C17H24N2O/c1-2-14(1)12-20-17-5-3-13(4-6-17)9-19-10-15-7-18-8-16(15)11-19/h3-6,14-16,18H,1-2,7-12H2/t15-,16+. The molecule has 1 N–H and O–H groups in total. The molecule has 3 heteroatoms. The van der Waals surface area contributed by atoms with E-state index in [2.05, 4.69) is 34.5 Å². The van der Waals surface area contributed by atoms with Crippen molar-refractivity contribution in [1.29, 1.82) is 0 Å². The molecule has 3 aliphatic rings. The van der Waals surface area contributed by atoms with Crippen LogP contribution in [0.25, 0.3) is 0 Å². The van der Waals surface area contributed by atoms with Gasteiger partial charge in [0.05, 0.1) is 6.61 Å². The van der Waals surface area contributed by atoms with Crippen molar-refractivity contribution >= 4 is 0 Å². The SMILES string of the molecule is c1cc(OCC2CC2)ccc1CN1C[C@H]2CNC[C@H]2C1. The normalized spacial score (nSPS) is 29.6. The van der Waals surface area contributed by atoms with E-state index in [0.29, 0.717) is 0 Å². The molecule has 2 saturated heterocycles. The van der Waals surface area contributed by atoms with Gasteiger partial charge in [0.1, 0.15) is 5.75 Å². The van der Waals surface area contributed by atoms with Crippen LogP contribution in [0.4, 0.5) is 0 Å². The number of nitrogens with one attached hydrogen (secondary N) is 1. The van der Waals surface area contributed by atoms with E-state index < -0.39 is 0 Å². The van der Waals surface area contributed by atoms with Gasteiger partial charge in [0.2, 0.25) is 0 Å². The number of fused-ring (bicyclic) bond motifs is 1. The molecule has 0 bridgehead atoms. The Morgan fingerprint density at radius 3 is 2.40 bits per heavy atom. The van der Waals surface area contributed by atoms with Gasteiger partial charge >= 0.3 is 0 Å². The van der Waals surface area contributed by atoms with Crippen LogP contribution in [0.2, 0.25) is 0 Å². The summed E-state index contributed by atoms with van der Waals surface area (Å²) in [6, 6.07) is 8.73. The highest BCUT2D eigenvalue weighted by Crippen LogP contribution is 2.30. The van der Waals surface area contributed by atoms with E-state index in [4.69, 9.17) is 4.74 Å². The molecule has 2 atom stereocenters. The summed E-state index contributed by atoms with van der Waals surface area (Å²) in [5.74, 6) is 3.63. The predicted octanol–water partition coefficient (Wildman–Crippen LogP) is 2.13. The van der Waals surface area contributed by atoms with Crippen LogP contribution in [0.1, 0.15) is 18.4 Å². The van der Waals surface area contributed by atoms with E-state index in [1.54, 1.807) is 0 Å². The third kappa shape index (κ3) is 2.84. The topological polar surface area (TPSA) is 24.5 Å². The summed E-state index contributed by atoms with van der Waals surface area (Å²) < 4.78 is 5.79. The van der Waals surface area contributed by atoms with Crippen molar-refractivity contribution in [1.82, 2.24) is 10.2 Å². The lowest BCUT2D eigenvalue weighted by molar-refractivity contribution is 0.297. The van der Waals surface area contributed by atoms with Gasteiger partial charge in [0.15, 0.2) is 0 Å². The van der Waals surface area contributed by atoms with Gasteiger partial charge in [0.25, 0.3) is 0 Å². The van der Waals surface area contributed by atoms with Gasteiger partial charge < -0.3 is 10.1 Å². The number of ether oxygens (including phenoxy) is 1. The summed E-state index contributed by atoms with van der Waals surface area (Å²) in [6.07, 6.45) is 2.70. The zero-order valence-corrected chi connectivity index (χ0v) is 12.1. The van der Waals surface area contributed by atoms with Crippen molar-refractivity contribution in [2.75, 3.05) is 32.8 Å². The summed E-state index contributed by atoms with van der Waals surface area (Å²) in [7, 11) is 0. The zero-order valence-electron chi connectivity index (χ0n) is 12.1. The van der Waals surface area contributed by atoms with Gasteiger partial charge in [-0.15, -0.1) is 0 Å². The molecule has 0 amide bonds. The van der Waals surface area contributed by atoms with Gasteiger partial charge in [-0.1, -0.05) is 12.1 Å². The van der Waals surface area contributed by atoms with E-state index in [9.17, 15) is 0 Å². The molecule has 0 unspecified atom stereocenters. The number of nitrogens with zero attached hydrogens (tertiary/aromatic N) is 1. The first kappa shape index (κ1) is 12.7. The fourth-order valence-corrected chi connectivity index (χ4v) is 3.53. The summed E-state index contributed by atoms with van der Waals surface area (Å²) in [4.78, 5) is 2.61. The minimum absolute atomic E-state index is 0.826. The molecule has 4 rings (SSSR count). The number of hydrogen-bond donors (Lipinski definition) is 1. The maximum absolute atomic E-state index is 5.79. The van der Waals surface area contributed by atoms with Crippen LogP contribution in [0.15, 0.2) is 24.3 Å². The summed E-state index contributed by atoms with van der Waals surface area (Å²) >= 11 is 0. The van der Waals surface area contributed by atoms with E-state index in [-0.39, 0.29) is 0 Å². The largest absolute Gasteiger partial charge is 0.493 e. The van der Waals surface area contributed by atoms with Crippen molar-refractivity contribution < 1.29 is 4.74 Å². The van der Waals surface area contributed by atoms with E-state index in [0.717, 1.165) is 36.7 Å². The molecule has 0 aromatic heterocycles. The third-order valence-corrected chi connectivity index (χ3v) is 4.98. The second-order valence-corrected chi connectivity index (χ2v) is 6.77. The monoisotopic (exact) mass is 272 g/mol. The van der Waals surface area contributed by atoms with Crippen molar-refractivity contribution in [3.63, 3.8) is 0 Å². The lowest BCUT2D eigenvalue weighted by Gasteiger charge is -2.17. The minimum atomic E-state index is 0.826. The van der Waals surface area contributed by atoms with E-state index in [1.807, 2.05) is 0 Å². The third-order valence-electron chi connectivity index (χ3n) is 4.98. The van der Waals surface area contributed by atoms with Gasteiger partial charge in [-0.2, -0.15) is 0 Å². The number of likely N-dealkylation sites (tertiary alicyclic amines) is 1. The average molecular weight is 272 g/mol. The Bertz CT molecular complexity index is 443. The molecular weight excluding hydrogens is 248 g/mol. The Balaban J connectivity index is 1.30. The van der Waals surface area contributed by atoms with Crippen LogP contribution < -0.4 is 10.1 Å². The quantitative estimate of drug-likeness (QED) is 0.888. The molecule has 108 valence electrons. The molecule has 1 aromatic rings. The van der Waals surface area contributed by atoms with E-state index >= 15 is 0 Å². The molecule has 1 aliphatic carbocycles. The van der Waals surface area contributed by atoms with Crippen LogP contribution in [0.5, 0.6) is 5.75 Å². The highest BCUT2D eigenvalue weighted by Gasteiger charge is 2.35. The van der Waals surface area contributed by atoms with Crippen molar-refractivity contribution in [3.05, 3.63) is 29.8 Å². The Labute approximate surface area is 121 Å². The molecule has 2 aliphatic heterocycles. The Hall–Kier alpha value is -1.06. The number of rotatable bonds is 5. The Kier molecular flexibility index (Phi) is 3.41. The summed E-state index contributed by atoms with van der Waals surface area (Å²) in [5.41, 5.74) is 1.41. The molecule has 20 heavy (non-hydrogen) atoms. The van der Waals surface area contributed by atoms with Gasteiger partial charge in [-0.05, 0) is 61.4 Å². The van der Waals surface area contributed by atoms with Crippen molar-refractivity contribution in [3.8, 4) is 5.75 Å². The number of hydrogen-bond acceptors (Lipinski definition) is 3. The predicted molar refractivity (Wildman–Crippen MR) is 79.8 cm³/mol. The first-order chi connectivity index (χ1) is 9.87. The van der Waals surface area contributed by atoms with Crippen molar-refractivity contribution in [2.24, 2.45) is 17.8 Å². The molecule has 0 spiro atoms. The number of benzene rings is 1. The second-order valence-electron chi connectivity index (χ2n) is 6.77. The van der Waals surface area contributed by atoms with Gasteiger partial charge in [-0.3, -0.25) is 4.90 Å². The molecule has 1 aromatic carbocycles. The first-order valence-electron chi connectivity index (χ1n) is 8.01. The van der Waals surface area contributed by atoms with Crippen LogP contribution in [-0.4, -0.2) is 37.7 Å². The lowest BCUT2D eigenvalue weighted by atomic mass is 10.0. The maximum Gasteiger partial charge on any atom is 0.119 e. The Morgan fingerprint density at radius 2 is 1.75 bits per heavy atom. The first-order valence-corrected chi connectivity index (χ1v) is 8.01. The smallest absolute Gasteiger partial charge is 0.119 e. The van der Waals surface area contributed by atoms with Crippen LogP contribution in [0, 0.1) is 17.8 Å². The van der Waals surface area contributed by atoms with Gasteiger partial charge in [0, 0.05) is 19.6 Å². The fourth-order valence-electron chi connectivity index (χ4n) is 3.53. The van der Waals surface area contributed by atoms with Crippen LogP contribution in [0.3, 0.4) is 0 Å². The Morgan fingerprint density at radius 1 is 1.05 bits per heavy atom. The van der Waals surface area contributed by atoms with Crippen LogP contribution in [-0.2, 0) is 6.54 Å². The average Bonchev–Trinajstić information content (AvgIpc) is 3.06. The van der Waals surface area contributed by atoms with Gasteiger partial charge in [-0.25, -0.2) is 0 Å². The molecule has 0 radical (unpaired) electrons. The summed E-state index contributed by atoms with van der Waals surface area (Å²) in [5, 5.41) is 3.50. The van der Waals surface area contributed by atoms with Crippen LogP contribution >= 0.6 is 0 Å². The molecule has 3 nitrogen and oxygen atoms in total.